The number of carbonyl (C=O) groups is 1. The molecule has 0 bridgehead atoms. The Morgan fingerprint density at radius 3 is 2.70 bits per heavy atom. The largest absolute Gasteiger partial charge is 0.474 e. The molecule has 0 spiro atoms. The maximum atomic E-state index is 12.5. The summed E-state index contributed by atoms with van der Waals surface area (Å²) in [6.45, 7) is 0. The third-order valence-electron chi connectivity index (χ3n) is 4.68. The second-order valence-electron chi connectivity index (χ2n) is 6.53. The van der Waals surface area contributed by atoms with Crippen molar-refractivity contribution >= 4 is 28.7 Å². The maximum absolute atomic E-state index is 12.5. The van der Waals surface area contributed by atoms with Crippen molar-refractivity contribution in [1.82, 2.24) is 19.0 Å². The number of fused-ring (bicyclic) bond motifs is 1. The summed E-state index contributed by atoms with van der Waals surface area (Å²) in [5.74, 6) is 0.453. The van der Waals surface area contributed by atoms with Gasteiger partial charge in [-0.15, -0.1) is 0 Å². The van der Waals surface area contributed by atoms with Crippen molar-refractivity contribution in [2.75, 3.05) is 0 Å². The summed E-state index contributed by atoms with van der Waals surface area (Å²) in [5.41, 5.74) is 2.68. The molecule has 4 rings (SSSR count). The van der Waals surface area contributed by atoms with Crippen LogP contribution in [0.5, 0.6) is 5.88 Å². The Balaban J connectivity index is 1.29. The highest BCUT2D eigenvalue weighted by Gasteiger charge is 2.24. The van der Waals surface area contributed by atoms with Crippen molar-refractivity contribution in [3.63, 3.8) is 0 Å². The molecule has 136 valence electrons. The van der Waals surface area contributed by atoms with Crippen molar-refractivity contribution in [2.45, 2.75) is 37.8 Å². The van der Waals surface area contributed by atoms with Gasteiger partial charge in [-0.05, 0) is 49.9 Å². The van der Waals surface area contributed by atoms with Crippen molar-refractivity contribution in [3.8, 4) is 11.9 Å². The molecule has 0 saturated heterocycles. The van der Waals surface area contributed by atoms with Gasteiger partial charge in [-0.25, -0.2) is 4.98 Å². The number of nitrogens with zero attached hydrogens (tertiary/aromatic N) is 4. The van der Waals surface area contributed by atoms with Gasteiger partial charge < -0.3 is 10.1 Å². The van der Waals surface area contributed by atoms with Crippen LogP contribution in [-0.4, -0.2) is 31.8 Å². The average Bonchev–Trinajstić information content (AvgIpc) is 3.18. The molecule has 8 heteroatoms. The minimum Gasteiger partial charge on any atom is -0.474 e. The first-order chi connectivity index (χ1) is 13.2. The Hall–Kier alpha value is -3.05. The lowest BCUT2D eigenvalue weighted by molar-refractivity contribution is 0.0890. The molecule has 0 atom stereocenters. The van der Waals surface area contributed by atoms with E-state index in [1.807, 2.05) is 12.1 Å². The van der Waals surface area contributed by atoms with Crippen molar-refractivity contribution in [2.24, 2.45) is 0 Å². The van der Waals surface area contributed by atoms with Crippen LogP contribution >= 0.6 is 11.7 Å². The van der Waals surface area contributed by atoms with Crippen molar-refractivity contribution < 1.29 is 9.53 Å². The first-order valence-corrected chi connectivity index (χ1v) is 9.50. The van der Waals surface area contributed by atoms with Gasteiger partial charge in [-0.2, -0.15) is 14.0 Å². The molecule has 7 nitrogen and oxygen atoms in total. The summed E-state index contributed by atoms with van der Waals surface area (Å²) < 4.78 is 14.2. The van der Waals surface area contributed by atoms with Gasteiger partial charge in [-0.3, -0.25) is 4.79 Å². The van der Waals surface area contributed by atoms with Crippen LogP contribution in [0.25, 0.3) is 11.0 Å². The highest BCUT2D eigenvalue weighted by Crippen LogP contribution is 2.23. The molecular weight excluding hydrogens is 362 g/mol. The predicted molar refractivity (Wildman–Crippen MR) is 101 cm³/mol. The topological polar surface area (TPSA) is 101 Å². The van der Waals surface area contributed by atoms with E-state index in [-0.39, 0.29) is 18.1 Å². The van der Waals surface area contributed by atoms with E-state index in [2.05, 4.69) is 19.0 Å². The first kappa shape index (κ1) is 17.4. The van der Waals surface area contributed by atoms with E-state index in [9.17, 15) is 4.79 Å². The van der Waals surface area contributed by atoms with E-state index >= 15 is 0 Å². The molecule has 1 N–H and O–H groups in total. The second-order valence-corrected chi connectivity index (χ2v) is 7.06. The Labute approximate surface area is 160 Å². The van der Waals surface area contributed by atoms with Crippen molar-refractivity contribution in [1.29, 1.82) is 5.26 Å². The molecule has 1 amide bonds. The molecule has 1 aliphatic carbocycles. The number of pyridine rings is 1. The summed E-state index contributed by atoms with van der Waals surface area (Å²) in [6.07, 6.45) is 5.00. The van der Waals surface area contributed by atoms with Gasteiger partial charge >= 0.3 is 0 Å². The van der Waals surface area contributed by atoms with Crippen LogP contribution in [-0.2, 0) is 0 Å². The fourth-order valence-electron chi connectivity index (χ4n) is 3.20. The quantitative estimate of drug-likeness (QED) is 0.748. The molecule has 0 unspecified atom stereocenters. The summed E-state index contributed by atoms with van der Waals surface area (Å²) in [4.78, 5) is 16.6. The van der Waals surface area contributed by atoms with E-state index in [4.69, 9.17) is 10.00 Å². The zero-order valence-electron chi connectivity index (χ0n) is 14.5. The number of nitriles is 1. The highest BCUT2D eigenvalue weighted by atomic mass is 32.1. The summed E-state index contributed by atoms with van der Waals surface area (Å²) in [5, 5.41) is 11.9. The molecule has 27 heavy (non-hydrogen) atoms. The monoisotopic (exact) mass is 379 g/mol. The number of hydrogen-bond donors (Lipinski definition) is 1. The van der Waals surface area contributed by atoms with Gasteiger partial charge in [0.1, 0.15) is 23.2 Å². The molecule has 0 radical (unpaired) electrons. The van der Waals surface area contributed by atoms with E-state index < -0.39 is 0 Å². The Bertz CT molecular complexity index is 987. The Morgan fingerprint density at radius 2 is 1.96 bits per heavy atom. The number of hydrogen-bond acceptors (Lipinski definition) is 7. The maximum Gasteiger partial charge on any atom is 0.251 e. The van der Waals surface area contributed by atoms with E-state index in [1.165, 1.54) is 6.20 Å². The number of ether oxygens (including phenoxy) is 1. The lowest BCUT2D eigenvalue weighted by atomic mass is 9.92. The molecule has 1 aliphatic rings. The Kier molecular flexibility index (Phi) is 4.94. The molecule has 0 aliphatic heterocycles. The van der Waals surface area contributed by atoms with E-state index in [0.717, 1.165) is 48.4 Å². The minimum absolute atomic E-state index is 0.0796. The van der Waals surface area contributed by atoms with Crippen LogP contribution in [0.4, 0.5) is 0 Å². The molecule has 2 aromatic heterocycles. The van der Waals surface area contributed by atoms with Gasteiger partial charge in [0.15, 0.2) is 0 Å². The normalized spacial score (nSPS) is 19.4. The standard InChI is InChI=1S/C19H17N5O2S/c20-10-12-1-8-18(21-11-12)26-15-5-3-14(4-6-15)22-19(25)13-2-7-16-17(9-13)24-27-23-16/h1-2,7-9,11,14-15H,3-6H2,(H,22,25). The van der Waals surface area contributed by atoms with Crippen LogP contribution < -0.4 is 10.1 Å². The summed E-state index contributed by atoms with van der Waals surface area (Å²) in [6, 6.07) is 11.0. The number of amides is 1. The van der Waals surface area contributed by atoms with E-state index in [1.54, 1.807) is 24.3 Å². The smallest absolute Gasteiger partial charge is 0.251 e. The lowest BCUT2D eigenvalue weighted by Gasteiger charge is -2.29. The third kappa shape index (κ3) is 4.04. The van der Waals surface area contributed by atoms with Crippen LogP contribution in [0.2, 0.25) is 0 Å². The van der Waals surface area contributed by atoms with Gasteiger partial charge in [0.2, 0.25) is 5.88 Å². The summed E-state index contributed by atoms with van der Waals surface area (Å²) >= 11 is 1.15. The number of carbonyl (C=O) groups excluding carboxylic acids is 1. The van der Waals surface area contributed by atoms with Gasteiger partial charge in [0.05, 0.1) is 17.3 Å². The molecule has 2 heterocycles. The lowest BCUT2D eigenvalue weighted by Crippen LogP contribution is -2.39. The first-order valence-electron chi connectivity index (χ1n) is 8.77. The second kappa shape index (κ2) is 7.68. The Morgan fingerprint density at radius 1 is 1.15 bits per heavy atom. The zero-order chi connectivity index (χ0) is 18.6. The van der Waals surface area contributed by atoms with Crippen LogP contribution in [0.1, 0.15) is 41.6 Å². The number of benzene rings is 1. The van der Waals surface area contributed by atoms with Gasteiger partial charge in [-0.1, -0.05) is 0 Å². The zero-order valence-corrected chi connectivity index (χ0v) is 15.3. The van der Waals surface area contributed by atoms with Crippen LogP contribution in [0, 0.1) is 11.3 Å². The van der Waals surface area contributed by atoms with Crippen LogP contribution in [0.3, 0.4) is 0 Å². The van der Waals surface area contributed by atoms with E-state index in [0.29, 0.717) is 17.0 Å². The number of rotatable bonds is 4. The highest BCUT2D eigenvalue weighted by molar-refractivity contribution is 7.00. The van der Waals surface area contributed by atoms with Gasteiger partial charge in [0, 0.05) is 23.9 Å². The fourth-order valence-corrected chi connectivity index (χ4v) is 3.72. The van der Waals surface area contributed by atoms with Gasteiger partial charge in [0.25, 0.3) is 5.91 Å². The summed E-state index contributed by atoms with van der Waals surface area (Å²) in [7, 11) is 0. The molecule has 1 aromatic carbocycles. The average molecular weight is 379 g/mol. The molecular formula is C19H17N5O2S. The SMILES string of the molecule is N#Cc1ccc(OC2CCC(NC(=O)c3ccc4nsnc4c3)CC2)nc1. The molecule has 1 fully saturated rings. The number of nitrogens with one attached hydrogen (secondary N) is 1. The van der Waals surface area contributed by atoms with Crippen molar-refractivity contribution in [3.05, 3.63) is 47.7 Å². The predicted octanol–water partition coefficient (Wildman–Crippen LogP) is 3.08. The minimum atomic E-state index is -0.0805. The number of aromatic nitrogens is 3. The van der Waals surface area contributed by atoms with Crippen LogP contribution in [0.15, 0.2) is 36.5 Å². The molecule has 3 aromatic rings. The fraction of sp³-hybridized carbons (Fsp3) is 0.316. The third-order valence-corrected chi connectivity index (χ3v) is 5.23. The molecule has 1 saturated carbocycles.